The summed E-state index contributed by atoms with van der Waals surface area (Å²) in [7, 11) is 0. The summed E-state index contributed by atoms with van der Waals surface area (Å²) in [4.78, 5) is 11.0. The van der Waals surface area contributed by atoms with E-state index in [0.717, 1.165) is 18.2 Å². The fourth-order valence-corrected chi connectivity index (χ4v) is 3.57. The fraction of sp³-hybridized carbons (Fsp3) is 0.167. The molecule has 0 aliphatic heterocycles. The Morgan fingerprint density at radius 2 is 1.59 bits per heavy atom. The van der Waals surface area contributed by atoms with Crippen LogP contribution in [0.15, 0.2) is 40.9 Å². The van der Waals surface area contributed by atoms with Gasteiger partial charge in [-0.25, -0.2) is 4.79 Å². The van der Waals surface area contributed by atoms with E-state index in [1.165, 1.54) is 18.2 Å². The summed E-state index contributed by atoms with van der Waals surface area (Å²) in [5.74, 6) is -8.85. The van der Waals surface area contributed by atoms with Crippen LogP contribution in [-0.4, -0.2) is 23.2 Å². The maximum atomic E-state index is 14.2. The Hall–Kier alpha value is -1.35. The minimum absolute atomic E-state index is 0.101. The lowest BCUT2D eigenvalue weighted by Crippen LogP contribution is -2.41. The summed E-state index contributed by atoms with van der Waals surface area (Å²) in [5.41, 5.74) is -0.407. The van der Waals surface area contributed by atoms with Gasteiger partial charge in [0.05, 0.1) is 26.5 Å². The van der Waals surface area contributed by atoms with Crippen molar-refractivity contribution in [1.29, 1.82) is 0 Å². The summed E-state index contributed by atoms with van der Waals surface area (Å²) in [6.07, 6.45) is -4.20. The van der Waals surface area contributed by atoms with E-state index in [4.69, 9.17) is 39.9 Å². The second-order valence-corrected chi connectivity index (χ2v) is 7.85. The molecule has 0 saturated carbocycles. The molecule has 2 nitrogen and oxygen atoms in total. The molecule has 0 radical (unpaired) electrons. The number of halogens is 9. The summed E-state index contributed by atoms with van der Waals surface area (Å²) in [6, 6.07) is 5.47. The third-order valence-electron chi connectivity index (χ3n) is 3.84. The normalized spacial score (nSPS) is 13.7. The molecule has 0 aliphatic carbocycles. The molecule has 29 heavy (non-hydrogen) atoms. The van der Waals surface area contributed by atoms with Gasteiger partial charge in [0.15, 0.2) is 0 Å². The Bertz CT molecular complexity index is 953. The minimum Gasteiger partial charge on any atom is -0.478 e. The molecule has 0 heterocycles. The molecule has 2 rings (SSSR count). The molecule has 0 amide bonds. The molecule has 0 aromatic heterocycles. The van der Waals surface area contributed by atoms with Crippen molar-refractivity contribution in [3.8, 4) is 0 Å². The number of rotatable bonds is 5. The molecule has 1 N–H and O–H groups in total. The molecule has 1 atom stereocenters. The van der Waals surface area contributed by atoms with Crippen LogP contribution >= 0.6 is 50.7 Å². The molecular formula is C18H9BrCl3F5O2. The number of hydrogen-bond donors (Lipinski definition) is 1. The van der Waals surface area contributed by atoms with E-state index >= 15 is 0 Å². The maximum absolute atomic E-state index is 14.2. The molecular weight excluding hydrogens is 529 g/mol. The molecule has 11 heteroatoms. The van der Waals surface area contributed by atoms with Crippen LogP contribution in [0, 0.1) is 0 Å². The summed E-state index contributed by atoms with van der Waals surface area (Å²) in [5, 5.41) is 8.25. The number of carboxylic acids is 1. The fourth-order valence-electron chi connectivity index (χ4n) is 2.39. The van der Waals surface area contributed by atoms with Gasteiger partial charge in [0.25, 0.3) is 0 Å². The lowest BCUT2D eigenvalue weighted by Gasteiger charge is -2.27. The number of allylic oxidation sites excluding steroid dienone is 1. The van der Waals surface area contributed by atoms with Crippen molar-refractivity contribution in [2.75, 3.05) is 0 Å². The van der Waals surface area contributed by atoms with Crippen molar-refractivity contribution in [2.24, 2.45) is 0 Å². The van der Waals surface area contributed by atoms with Crippen LogP contribution in [-0.2, 0) is 0 Å². The number of carbonyl (C=O) groups is 1. The van der Waals surface area contributed by atoms with Gasteiger partial charge in [-0.3, -0.25) is 0 Å². The van der Waals surface area contributed by atoms with Gasteiger partial charge in [0, 0.05) is 4.47 Å². The molecule has 2 aromatic carbocycles. The van der Waals surface area contributed by atoms with E-state index in [0.29, 0.717) is 6.08 Å². The quantitative estimate of drug-likeness (QED) is 0.309. The van der Waals surface area contributed by atoms with Gasteiger partial charge in [0.2, 0.25) is 0 Å². The SMILES string of the molecule is O=C(O)c1ccc(/C=C/C(c2cc(Cl)c(Cl)c(Cl)c2)C(F)(F)C(F)(F)F)cc1Br. The first-order valence-corrected chi connectivity index (χ1v) is 9.48. The van der Waals surface area contributed by atoms with Crippen LogP contribution in [0.1, 0.15) is 27.4 Å². The first kappa shape index (κ1) is 23.9. The number of alkyl halides is 5. The van der Waals surface area contributed by atoms with Crippen LogP contribution in [0.4, 0.5) is 22.0 Å². The van der Waals surface area contributed by atoms with E-state index < -0.39 is 29.5 Å². The zero-order valence-electron chi connectivity index (χ0n) is 13.9. The van der Waals surface area contributed by atoms with Crippen LogP contribution in [0.3, 0.4) is 0 Å². The van der Waals surface area contributed by atoms with Crippen molar-refractivity contribution < 1.29 is 31.9 Å². The first-order chi connectivity index (χ1) is 13.3. The molecule has 0 aliphatic rings. The Morgan fingerprint density at radius 3 is 2.03 bits per heavy atom. The van der Waals surface area contributed by atoms with Crippen molar-refractivity contribution in [3.63, 3.8) is 0 Å². The molecule has 0 saturated heterocycles. The first-order valence-electron chi connectivity index (χ1n) is 7.55. The number of hydrogen-bond acceptors (Lipinski definition) is 1. The topological polar surface area (TPSA) is 37.3 Å². The Morgan fingerprint density at radius 1 is 1.03 bits per heavy atom. The van der Waals surface area contributed by atoms with E-state index in [1.807, 2.05) is 0 Å². The van der Waals surface area contributed by atoms with Crippen molar-refractivity contribution in [2.45, 2.75) is 18.0 Å². The summed E-state index contributed by atoms with van der Waals surface area (Å²) >= 11 is 20.3. The number of carboxylic acid groups (broad SMARTS) is 1. The highest BCUT2D eigenvalue weighted by molar-refractivity contribution is 9.10. The summed E-state index contributed by atoms with van der Waals surface area (Å²) in [6.45, 7) is 0. The van der Waals surface area contributed by atoms with Crippen molar-refractivity contribution >= 4 is 62.8 Å². The van der Waals surface area contributed by atoms with Crippen LogP contribution < -0.4 is 0 Å². The lowest BCUT2D eigenvalue weighted by molar-refractivity contribution is -0.286. The van der Waals surface area contributed by atoms with E-state index in [-0.39, 0.29) is 30.7 Å². The highest BCUT2D eigenvalue weighted by atomic mass is 79.9. The smallest absolute Gasteiger partial charge is 0.454 e. The van der Waals surface area contributed by atoms with Gasteiger partial charge in [-0.2, -0.15) is 22.0 Å². The zero-order valence-corrected chi connectivity index (χ0v) is 17.7. The number of benzene rings is 2. The second-order valence-electron chi connectivity index (χ2n) is 5.80. The van der Waals surface area contributed by atoms with Gasteiger partial charge in [-0.1, -0.05) is 53.0 Å². The Kier molecular flexibility index (Phi) is 7.26. The van der Waals surface area contributed by atoms with Gasteiger partial charge < -0.3 is 5.11 Å². The predicted molar refractivity (Wildman–Crippen MR) is 105 cm³/mol. The van der Waals surface area contributed by atoms with E-state index in [9.17, 15) is 26.7 Å². The third-order valence-corrected chi connectivity index (χ3v) is 5.69. The van der Waals surface area contributed by atoms with E-state index in [1.54, 1.807) is 0 Å². The average Bonchev–Trinajstić information content (AvgIpc) is 2.58. The molecule has 2 aromatic rings. The Balaban J connectivity index is 2.56. The number of aromatic carboxylic acids is 1. The molecule has 0 fully saturated rings. The molecule has 156 valence electrons. The van der Waals surface area contributed by atoms with Gasteiger partial charge >= 0.3 is 18.1 Å². The van der Waals surface area contributed by atoms with Crippen LogP contribution in [0.5, 0.6) is 0 Å². The highest BCUT2D eigenvalue weighted by Crippen LogP contribution is 2.48. The van der Waals surface area contributed by atoms with Crippen molar-refractivity contribution in [1.82, 2.24) is 0 Å². The largest absolute Gasteiger partial charge is 0.478 e. The predicted octanol–water partition coefficient (Wildman–Crippen LogP) is 8.10. The lowest BCUT2D eigenvalue weighted by atomic mass is 9.91. The Labute approximate surface area is 185 Å². The molecule has 1 unspecified atom stereocenters. The van der Waals surface area contributed by atoms with Crippen LogP contribution in [0.25, 0.3) is 6.08 Å². The zero-order chi connectivity index (χ0) is 22.1. The molecule has 0 spiro atoms. The minimum atomic E-state index is -5.85. The third kappa shape index (κ3) is 5.23. The standard InChI is InChI=1S/C18H9BrCl3F5O2/c19-12-5-8(1-3-10(12)16(28)29)2-4-11(17(23,24)18(25,26)27)9-6-13(20)15(22)14(21)7-9/h1-7,11H,(H,28,29)/b4-2+. The monoisotopic (exact) mass is 536 g/mol. The van der Waals surface area contributed by atoms with Crippen LogP contribution in [0.2, 0.25) is 15.1 Å². The van der Waals surface area contributed by atoms with Gasteiger partial charge in [-0.15, -0.1) is 0 Å². The summed E-state index contributed by atoms with van der Waals surface area (Å²) < 4.78 is 67.7. The molecule has 0 bridgehead atoms. The highest BCUT2D eigenvalue weighted by Gasteiger charge is 2.62. The van der Waals surface area contributed by atoms with Gasteiger partial charge in [0.1, 0.15) is 0 Å². The average molecular weight is 539 g/mol. The van der Waals surface area contributed by atoms with E-state index in [2.05, 4.69) is 15.9 Å². The van der Waals surface area contributed by atoms with Gasteiger partial charge in [-0.05, 0) is 51.3 Å². The maximum Gasteiger partial charge on any atom is 0.454 e. The second kappa shape index (κ2) is 8.79. The van der Waals surface area contributed by atoms with Crippen molar-refractivity contribution in [3.05, 3.63) is 72.6 Å².